The summed E-state index contributed by atoms with van der Waals surface area (Å²) in [5.41, 5.74) is 34.4. The molecule has 19 nitrogen and oxygen atoms in total. The molecule has 0 saturated carbocycles. The molecule has 5 aliphatic heterocycles. The third-order valence-electron chi connectivity index (χ3n) is 16.0. The third-order valence-corrected chi connectivity index (χ3v) is 16.0. The predicted molar refractivity (Wildman–Crippen MR) is 254 cm³/mol. The largest absolute Gasteiger partial charge is 3.00 e. The number of nitrogens with two attached hydrogens (primary N) is 6. The van der Waals surface area contributed by atoms with E-state index in [0.717, 1.165) is 0 Å². The van der Waals surface area contributed by atoms with Crippen molar-refractivity contribution in [2.75, 3.05) is 6.54 Å². The first-order chi connectivity index (χ1) is 30.9. The number of nitrogens with zero attached hydrogens (tertiary/aromatic N) is 4. The number of primary amides is 6. The first kappa shape index (κ1) is 55.4. The minimum atomic E-state index is -1.40. The summed E-state index contributed by atoms with van der Waals surface area (Å²) in [6.45, 7) is 16.8. The average molecular weight is 990 g/mol. The third kappa shape index (κ3) is 10.4. The monoisotopic (exact) mass is 989 g/mol. The number of carbonyl (C=O) groups excluding carboxylic acids is 7. The summed E-state index contributed by atoms with van der Waals surface area (Å²) in [5, 5.41) is 18.3. The van der Waals surface area contributed by atoms with E-state index in [1.165, 1.54) is 0 Å². The van der Waals surface area contributed by atoms with Crippen molar-refractivity contribution in [1.29, 1.82) is 0 Å². The molecule has 0 aliphatic carbocycles. The zero-order valence-electron chi connectivity index (χ0n) is 40.9. The summed E-state index contributed by atoms with van der Waals surface area (Å²) in [5.74, 6) is -6.42. The van der Waals surface area contributed by atoms with Gasteiger partial charge in [0.1, 0.15) is 0 Å². The Kier molecular flexibility index (Phi) is 16.6. The molecule has 0 spiro atoms. The van der Waals surface area contributed by atoms with Crippen molar-refractivity contribution in [3.05, 3.63) is 39.6 Å². The van der Waals surface area contributed by atoms with Crippen molar-refractivity contribution in [2.45, 2.75) is 151 Å². The Balaban J connectivity index is 0.0000101. The summed E-state index contributed by atoms with van der Waals surface area (Å²) in [6, 6.07) is -0.923. The Morgan fingerprint density at radius 2 is 1.25 bits per heavy atom. The quantitative estimate of drug-likeness (QED) is 0.0894. The summed E-state index contributed by atoms with van der Waals surface area (Å²) in [7, 11) is 0. The minimum Gasteiger partial charge on any atom is -0.682 e. The maximum atomic E-state index is 13.5. The van der Waals surface area contributed by atoms with Gasteiger partial charge in [-0.3, -0.25) is 48.5 Å². The van der Waals surface area contributed by atoms with Crippen LogP contribution in [-0.4, -0.2) is 87.8 Å². The smallest absolute Gasteiger partial charge is 0.682 e. The maximum Gasteiger partial charge on any atom is 3.00 e. The van der Waals surface area contributed by atoms with E-state index in [9.17, 15) is 38.7 Å². The van der Waals surface area contributed by atoms with Crippen LogP contribution in [0.2, 0.25) is 0 Å². The molecule has 374 valence electrons. The van der Waals surface area contributed by atoms with E-state index in [-0.39, 0.29) is 93.4 Å². The minimum absolute atomic E-state index is 0. The van der Waals surface area contributed by atoms with Crippen LogP contribution in [0, 0.1) is 45.3 Å². The van der Waals surface area contributed by atoms with Crippen LogP contribution in [0.25, 0.3) is 5.32 Å². The number of aliphatic hydroxyl groups excluding tert-OH is 1. The normalized spacial score (nSPS) is 34.6. The number of rotatable bonds is 20. The molecule has 8 bridgehead atoms. The summed E-state index contributed by atoms with van der Waals surface area (Å²) in [6.07, 6.45) is 1.02. The first-order valence-electron chi connectivity index (χ1n) is 23.2. The van der Waals surface area contributed by atoms with Crippen molar-refractivity contribution in [3.63, 3.8) is 0 Å². The zero-order valence-corrected chi connectivity index (χ0v) is 42.0. The van der Waals surface area contributed by atoms with Crippen LogP contribution in [0.1, 0.15) is 133 Å². The Labute approximate surface area is 409 Å². The topological polar surface area (TPSA) is 359 Å². The molecule has 10 atom stereocenters. The van der Waals surface area contributed by atoms with Crippen LogP contribution < -0.4 is 39.7 Å². The van der Waals surface area contributed by atoms with Gasteiger partial charge in [-0.1, -0.05) is 40.7 Å². The Hall–Kier alpha value is -5.21. The Bertz CT molecular complexity index is 2320. The van der Waals surface area contributed by atoms with Gasteiger partial charge in [-0.15, -0.1) is 0 Å². The van der Waals surface area contributed by atoms with E-state index in [1.54, 1.807) is 6.92 Å². The second-order valence-electron chi connectivity index (χ2n) is 21.1. The van der Waals surface area contributed by atoms with Crippen LogP contribution in [-0.2, 0) is 50.3 Å². The molecule has 68 heavy (non-hydrogen) atoms. The second-order valence-corrected chi connectivity index (χ2v) is 21.1. The zero-order chi connectivity index (χ0) is 50.4. The van der Waals surface area contributed by atoms with Gasteiger partial charge in [-0.2, -0.15) is 5.70 Å². The number of nitrogens with one attached hydrogen (secondary N) is 1. The molecule has 0 aromatic rings. The van der Waals surface area contributed by atoms with Crippen LogP contribution in [0.4, 0.5) is 0 Å². The molecule has 20 heteroatoms. The summed E-state index contributed by atoms with van der Waals surface area (Å²) < 4.78 is 0. The van der Waals surface area contributed by atoms with Gasteiger partial charge >= 0.3 is 16.8 Å². The summed E-state index contributed by atoms with van der Waals surface area (Å²) in [4.78, 5) is 108. The fourth-order valence-corrected chi connectivity index (χ4v) is 12.2. The molecular formula is C48H72CoN11O8+2. The Morgan fingerprint density at radius 1 is 0.706 bits per heavy atom. The molecule has 7 amide bonds. The van der Waals surface area contributed by atoms with E-state index in [2.05, 4.69) is 5.32 Å². The van der Waals surface area contributed by atoms with Gasteiger partial charge in [-0.05, 0) is 81.9 Å². The number of fused-ring (bicyclic) bond motifs is 6. The van der Waals surface area contributed by atoms with Crippen molar-refractivity contribution < 1.29 is 55.4 Å². The average Bonchev–Trinajstić information content (AvgIpc) is 3.80. The number of amides is 7. The number of hydrogen-bond donors (Lipinski definition) is 8. The van der Waals surface area contributed by atoms with Crippen LogP contribution in [0.5, 0.6) is 0 Å². The number of aliphatic imine (C=N–C) groups is 3. The van der Waals surface area contributed by atoms with E-state index < -0.39 is 98.5 Å². The fraction of sp³-hybridized carbons (Fsp3) is 0.667. The van der Waals surface area contributed by atoms with E-state index in [0.29, 0.717) is 51.8 Å². The maximum absolute atomic E-state index is 13.5. The SMILES string of the molecule is C/C1=C2/[N-][C@H]([C@H](CC(N)=O)[C@@]2(C)CCC(=O)NC[C@@H](C)O)[C@]2(C)N=C(/C(C)=C3N=C(/C=C4N=C1[C@@H](CCC(N)=O)C\4(C)C)[C@@H](CCC(N)=O)[C@]\3(C)CC(N)=O)[C@@H](CCC(N)=O)[C@]2(C)CC(N)=O.[Co+3]. The van der Waals surface area contributed by atoms with Crippen LogP contribution in [0.3, 0.4) is 0 Å². The first-order valence-corrected chi connectivity index (χ1v) is 23.2. The van der Waals surface area contributed by atoms with Gasteiger partial charge in [0, 0.05) is 108 Å². The number of aliphatic hydroxyl groups is 1. The molecule has 5 rings (SSSR count). The number of carbonyl (C=O) groups is 7. The van der Waals surface area contributed by atoms with Gasteiger partial charge in [0.15, 0.2) is 0 Å². The number of hydrogen-bond acceptors (Lipinski definition) is 11. The predicted octanol–water partition coefficient (Wildman–Crippen LogP) is 2.52. The molecular weight excluding hydrogens is 918 g/mol. The number of allylic oxidation sites excluding steroid dienone is 6. The van der Waals surface area contributed by atoms with E-state index in [1.807, 2.05) is 61.5 Å². The van der Waals surface area contributed by atoms with E-state index >= 15 is 0 Å². The van der Waals surface area contributed by atoms with Gasteiger partial charge in [0.05, 0.1) is 17.3 Å². The molecule has 0 aromatic heterocycles. The standard InChI is InChI=1S/C48H73N11O8.Co/c1-23(60)22-55-38(67)16-17-45(6)29(18-35(52)64)43-48(9)47(8,21-37(54)66)28(12-15-34(51)63)40(59-48)25(3)42-46(7,20-36(53)65)26(10-13-32(49)61)30(56-42)19-31-44(4,5)27(11-14-33(50)62)39(57-31)24(2)41(45)58-43;/h19,23,26-29,43,60H,10-18,20-22H2,1-9H3,(H14,49,50,51,52,53,54,55,56,57,58,59,61,62,63,64,65,66,67);/q;+3/p-1/t23-,26-,27-,28-,29+,43-,45-,46+,47+,48+;/m1./s1. The molecule has 0 aromatic carbocycles. The molecule has 14 N–H and O–H groups in total. The molecule has 0 unspecified atom stereocenters. The second kappa shape index (κ2) is 20.4. The fourth-order valence-electron chi connectivity index (χ4n) is 12.2. The van der Waals surface area contributed by atoms with Crippen molar-refractivity contribution in [3.8, 4) is 0 Å². The van der Waals surface area contributed by atoms with Gasteiger partial charge in [-0.25, -0.2) is 0 Å². The molecule has 5 heterocycles. The van der Waals surface area contributed by atoms with Gasteiger partial charge < -0.3 is 50.1 Å². The summed E-state index contributed by atoms with van der Waals surface area (Å²) >= 11 is 0. The molecule has 5 aliphatic rings. The van der Waals surface area contributed by atoms with Crippen molar-refractivity contribution in [2.24, 2.45) is 94.7 Å². The van der Waals surface area contributed by atoms with E-state index in [4.69, 9.17) is 54.7 Å². The molecule has 0 radical (unpaired) electrons. The van der Waals surface area contributed by atoms with Crippen LogP contribution >= 0.6 is 0 Å². The van der Waals surface area contributed by atoms with Gasteiger partial charge in [0.2, 0.25) is 41.4 Å². The van der Waals surface area contributed by atoms with Crippen LogP contribution in [0.15, 0.2) is 49.3 Å². The van der Waals surface area contributed by atoms with Crippen molar-refractivity contribution in [1.82, 2.24) is 5.32 Å². The molecule has 1 saturated heterocycles. The van der Waals surface area contributed by atoms with Gasteiger partial charge in [0.25, 0.3) is 0 Å². The Morgan fingerprint density at radius 3 is 1.76 bits per heavy atom. The molecule has 1 fully saturated rings. The van der Waals surface area contributed by atoms with Crippen molar-refractivity contribution >= 4 is 58.5 Å².